The van der Waals surface area contributed by atoms with Crippen molar-refractivity contribution < 1.29 is 9.21 Å². The smallest absolute Gasteiger partial charge is 0.298 e. The number of carbonyl (C=O) groups excluding carboxylic acids is 1. The van der Waals surface area contributed by atoms with E-state index in [0.29, 0.717) is 12.6 Å². The Bertz CT molecular complexity index is 972. The predicted molar refractivity (Wildman–Crippen MR) is 122 cm³/mol. The van der Waals surface area contributed by atoms with Crippen LogP contribution in [0.1, 0.15) is 37.3 Å². The lowest BCUT2D eigenvalue weighted by Crippen LogP contribution is -2.43. The number of rotatable bonds is 6. The van der Waals surface area contributed by atoms with Gasteiger partial charge in [-0.25, -0.2) is 0 Å². The van der Waals surface area contributed by atoms with Crippen LogP contribution in [0, 0.1) is 5.92 Å². The van der Waals surface area contributed by atoms with Gasteiger partial charge in [-0.3, -0.25) is 9.69 Å². The summed E-state index contributed by atoms with van der Waals surface area (Å²) in [5.74, 6) is 0.230. The molecule has 0 aliphatic carbocycles. The highest BCUT2D eigenvalue weighted by Gasteiger charge is 2.29. The average Bonchev–Trinajstić information content (AvgIpc) is 3.50. The molecule has 2 aromatic carbocycles. The third kappa shape index (κ3) is 4.44. The van der Waals surface area contributed by atoms with Crippen LogP contribution < -0.4 is 10.2 Å². The molecule has 1 unspecified atom stereocenters. The molecule has 2 aliphatic rings. The van der Waals surface area contributed by atoms with Gasteiger partial charge >= 0.3 is 0 Å². The number of para-hydroxylation sites is 2. The Labute approximate surface area is 183 Å². The van der Waals surface area contributed by atoms with E-state index in [9.17, 15) is 4.79 Å². The van der Waals surface area contributed by atoms with E-state index >= 15 is 0 Å². The van der Waals surface area contributed by atoms with Gasteiger partial charge in [0.25, 0.3) is 6.01 Å². The maximum atomic E-state index is 12.9. The zero-order chi connectivity index (χ0) is 21.0. The van der Waals surface area contributed by atoms with E-state index in [2.05, 4.69) is 44.4 Å². The van der Waals surface area contributed by atoms with Gasteiger partial charge in [-0.1, -0.05) is 42.5 Å². The van der Waals surface area contributed by atoms with Crippen LogP contribution in [0.3, 0.4) is 0 Å². The van der Waals surface area contributed by atoms with E-state index < -0.39 is 0 Å². The highest BCUT2D eigenvalue weighted by molar-refractivity contribution is 5.79. The molecule has 1 N–H and O–H groups in total. The first kappa shape index (κ1) is 20.1. The first-order valence-electron chi connectivity index (χ1n) is 11.4. The molecule has 2 fully saturated rings. The summed E-state index contributed by atoms with van der Waals surface area (Å²) in [6.07, 6.45) is 4.13. The minimum atomic E-state index is 0.0515. The molecule has 0 radical (unpaired) electrons. The van der Waals surface area contributed by atoms with Gasteiger partial charge in [-0.15, -0.1) is 0 Å². The Morgan fingerprint density at radius 2 is 1.71 bits per heavy atom. The van der Waals surface area contributed by atoms with Crippen molar-refractivity contribution in [2.24, 2.45) is 5.92 Å². The number of fused-ring (bicyclic) bond motifs is 1. The van der Waals surface area contributed by atoms with Crippen LogP contribution in [0.2, 0.25) is 0 Å². The molecule has 162 valence electrons. The number of likely N-dealkylation sites (tertiary alicyclic amines) is 1. The molecule has 2 aliphatic heterocycles. The average molecular weight is 419 g/mol. The Hall–Kier alpha value is -2.86. The van der Waals surface area contributed by atoms with Crippen molar-refractivity contribution in [1.82, 2.24) is 15.2 Å². The minimum Gasteiger partial charge on any atom is -0.423 e. The molecule has 0 saturated carbocycles. The van der Waals surface area contributed by atoms with E-state index in [1.807, 2.05) is 30.3 Å². The Kier molecular flexibility index (Phi) is 5.89. The van der Waals surface area contributed by atoms with Crippen molar-refractivity contribution in [3.63, 3.8) is 0 Å². The number of benzene rings is 2. The summed E-state index contributed by atoms with van der Waals surface area (Å²) in [4.78, 5) is 22.2. The van der Waals surface area contributed by atoms with Crippen LogP contribution >= 0.6 is 0 Å². The first-order valence-corrected chi connectivity index (χ1v) is 11.4. The SMILES string of the molecule is O=C(NCC(c1ccccc1)N1CCCC1)C1CCN(c2nc3ccccc3o2)CC1. The summed E-state index contributed by atoms with van der Waals surface area (Å²) in [6, 6.07) is 19.3. The summed E-state index contributed by atoms with van der Waals surface area (Å²) in [6.45, 7) is 4.48. The third-order valence-electron chi connectivity index (χ3n) is 6.65. The van der Waals surface area contributed by atoms with Crippen LogP contribution in [-0.4, -0.2) is 48.5 Å². The Balaban J connectivity index is 1.17. The summed E-state index contributed by atoms with van der Waals surface area (Å²) in [7, 11) is 0. The van der Waals surface area contributed by atoms with Crippen molar-refractivity contribution in [2.45, 2.75) is 31.7 Å². The number of anilines is 1. The standard InChI is InChI=1S/C25H30N4O2/c30-24(26-18-22(28-14-6-7-15-28)19-8-2-1-3-9-19)20-12-16-29(17-13-20)25-27-21-10-4-5-11-23(21)31-25/h1-5,8-11,20,22H,6-7,12-18H2,(H,26,30). The topological polar surface area (TPSA) is 61.6 Å². The quantitative estimate of drug-likeness (QED) is 0.656. The molecule has 1 atom stereocenters. The van der Waals surface area contributed by atoms with Gasteiger partial charge in [0, 0.05) is 25.6 Å². The van der Waals surface area contributed by atoms with Crippen LogP contribution in [0.15, 0.2) is 59.0 Å². The third-order valence-corrected chi connectivity index (χ3v) is 6.65. The minimum absolute atomic E-state index is 0.0515. The normalized spacial score (nSPS) is 19.0. The first-order chi connectivity index (χ1) is 15.3. The fourth-order valence-corrected chi connectivity index (χ4v) is 4.86. The second-order valence-electron chi connectivity index (χ2n) is 8.64. The number of amides is 1. The highest BCUT2D eigenvalue weighted by atomic mass is 16.4. The van der Waals surface area contributed by atoms with Gasteiger partial charge < -0.3 is 14.6 Å². The molecular weight excluding hydrogens is 388 g/mol. The van der Waals surface area contributed by atoms with Crippen molar-refractivity contribution in [3.05, 3.63) is 60.2 Å². The van der Waals surface area contributed by atoms with Crippen molar-refractivity contribution in [2.75, 3.05) is 37.6 Å². The second-order valence-corrected chi connectivity index (χ2v) is 8.64. The largest absolute Gasteiger partial charge is 0.423 e. The number of oxazole rings is 1. The van der Waals surface area contributed by atoms with Gasteiger partial charge in [-0.05, 0) is 56.5 Å². The van der Waals surface area contributed by atoms with E-state index in [-0.39, 0.29) is 17.9 Å². The molecule has 2 saturated heterocycles. The monoisotopic (exact) mass is 418 g/mol. The summed E-state index contributed by atoms with van der Waals surface area (Å²) >= 11 is 0. The molecule has 3 aromatic rings. The molecule has 5 rings (SSSR count). The highest BCUT2D eigenvalue weighted by Crippen LogP contribution is 2.27. The van der Waals surface area contributed by atoms with Gasteiger partial charge in [0.1, 0.15) is 5.52 Å². The number of nitrogens with one attached hydrogen (secondary N) is 1. The van der Waals surface area contributed by atoms with Crippen LogP contribution in [0.4, 0.5) is 6.01 Å². The number of hydrogen-bond acceptors (Lipinski definition) is 5. The Morgan fingerprint density at radius 1 is 1.00 bits per heavy atom. The molecular formula is C25H30N4O2. The summed E-state index contributed by atoms with van der Waals surface area (Å²) in [5, 5.41) is 3.27. The number of carbonyl (C=O) groups is 1. The molecule has 1 aromatic heterocycles. The molecule has 3 heterocycles. The van der Waals surface area contributed by atoms with Crippen LogP contribution in [-0.2, 0) is 4.79 Å². The van der Waals surface area contributed by atoms with Crippen molar-refractivity contribution in [3.8, 4) is 0 Å². The fraction of sp³-hybridized carbons (Fsp3) is 0.440. The summed E-state index contributed by atoms with van der Waals surface area (Å²) in [5.41, 5.74) is 2.98. The molecule has 6 heteroatoms. The van der Waals surface area contributed by atoms with Crippen molar-refractivity contribution >= 4 is 23.0 Å². The lowest BCUT2D eigenvalue weighted by Gasteiger charge is -2.32. The van der Waals surface area contributed by atoms with Crippen LogP contribution in [0.25, 0.3) is 11.1 Å². The van der Waals surface area contributed by atoms with Gasteiger partial charge in [0.2, 0.25) is 5.91 Å². The van der Waals surface area contributed by atoms with Gasteiger partial charge in [0.15, 0.2) is 5.58 Å². The molecule has 0 spiro atoms. The van der Waals surface area contributed by atoms with Gasteiger partial charge in [-0.2, -0.15) is 4.98 Å². The van der Waals surface area contributed by atoms with E-state index in [1.165, 1.54) is 18.4 Å². The molecule has 1 amide bonds. The van der Waals surface area contributed by atoms with E-state index in [1.54, 1.807) is 0 Å². The Morgan fingerprint density at radius 3 is 2.45 bits per heavy atom. The lowest BCUT2D eigenvalue weighted by molar-refractivity contribution is -0.125. The number of aromatic nitrogens is 1. The lowest BCUT2D eigenvalue weighted by atomic mass is 9.96. The predicted octanol–water partition coefficient (Wildman–Crippen LogP) is 4.00. The fourth-order valence-electron chi connectivity index (χ4n) is 4.86. The van der Waals surface area contributed by atoms with E-state index in [4.69, 9.17) is 4.42 Å². The zero-order valence-electron chi connectivity index (χ0n) is 17.9. The number of nitrogens with zero attached hydrogens (tertiary/aromatic N) is 3. The number of piperidine rings is 1. The maximum Gasteiger partial charge on any atom is 0.298 e. The maximum absolute atomic E-state index is 12.9. The summed E-state index contributed by atoms with van der Waals surface area (Å²) < 4.78 is 5.90. The van der Waals surface area contributed by atoms with E-state index in [0.717, 1.165) is 50.1 Å². The second kappa shape index (κ2) is 9.10. The van der Waals surface area contributed by atoms with Crippen molar-refractivity contribution in [1.29, 1.82) is 0 Å². The van der Waals surface area contributed by atoms with Gasteiger partial charge in [0.05, 0.1) is 6.04 Å². The van der Waals surface area contributed by atoms with Crippen LogP contribution in [0.5, 0.6) is 0 Å². The number of hydrogen-bond donors (Lipinski definition) is 1. The zero-order valence-corrected chi connectivity index (χ0v) is 17.9. The molecule has 0 bridgehead atoms. The molecule has 6 nitrogen and oxygen atoms in total. The molecule has 31 heavy (non-hydrogen) atoms.